The average molecular weight is 460 g/mol. The topological polar surface area (TPSA) is 87.7 Å². The fourth-order valence-electron chi connectivity index (χ4n) is 2.95. The highest BCUT2D eigenvalue weighted by molar-refractivity contribution is 6.18. The van der Waals surface area contributed by atoms with E-state index >= 15 is 0 Å². The Bertz CT molecular complexity index is 665. The third kappa shape index (κ3) is 8.40. The zero-order valence-corrected chi connectivity index (χ0v) is 19.2. The number of rotatable bonds is 14. The Hall–Kier alpha value is -1.99. The molecule has 0 saturated heterocycles. The van der Waals surface area contributed by atoms with Gasteiger partial charge in [-0.3, -0.25) is 9.59 Å². The molecule has 1 aromatic rings. The van der Waals surface area contributed by atoms with Gasteiger partial charge in [0.05, 0.1) is 6.61 Å². The van der Waals surface area contributed by atoms with Gasteiger partial charge in [0.25, 0.3) is 0 Å². The van der Waals surface area contributed by atoms with Crippen LogP contribution in [0.5, 0.6) is 0 Å². The van der Waals surface area contributed by atoms with E-state index in [-0.39, 0.29) is 18.9 Å². The minimum Gasteiger partial charge on any atom is -0.464 e. The normalized spacial score (nSPS) is 12.7. The van der Waals surface area contributed by atoms with Crippen molar-refractivity contribution in [2.45, 2.75) is 39.3 Å². The van der Waals surface area contributed by atoms with E-state index in [4.69, 9.17) is 27.9 Å². The Morgan fingerprint density at radius 1 is 1.13 bits per heavy atom. The van der Waals surface area contributed by atoms with Crippen LogP contribution in [0.15, 0.2) is 24.3 Å². The number of benzene rings is 1. The summed E-state index contributed by atoms with van der Waals surface area (Å²) in [6.45, 7) is 6.92. The SMILES string of the molecule is CCOC(=O)C(NC(=O)C(Cc1ccc(N(CCCl)CCCl)cc1)NC=O)C(C)C. The first kappa shape index (κ1) is 26.0. The van der Waals surface area contributed by atoms with E-state index in [1.807, 2.05) is 38.1 Å². The summed E-state index contributed by atoms with van der Waals surface area (Å²) >= 11 is 11.7. The van der Waals surface area contributed by atoms with Gasteiger partial charge in [-0.1, -0.05) is 26.0 Å². The van der Waals surface area contributed by atoms with Crippen LogP contribution >= 0.6 is 23.2 Å². The number of nitrogens with one attached hydrogen (secondary N) is 2. The molecule has 1 rings (SSSR count). The van der Waals surface area contributed by atoms with Gasteiger partial charge in [0.15, 0.2) is 0 Å². The summed E-state index contributed by atoms with van der Waals surface area (Å²) in [5, 5.41) is 5.23. The van der Waals surface area contributed by atoms with E-state index in [9.17, 15) is 14.4 Å². The maximum atomic E-state index is 12.7. The van der Waals surface area contributed by atoms with Gasteiger partial charge in [-0.2, -0.15) is 0 Å². The quantitative estimate of drug-likeness (QED) is 0.253. The Balaban J connectivity index is 2.88. The van der Waals surface area contributed by atoms with E-state index in [0.717, 1.165) is 11.3 Å². The highest BCUT2D eigenvalue weighted by Crippen LogP contribution is 2.17. The first-order valence-electron chi connectivity index (χ1n) is 10.00. The van der Waals surface area contributed by atoms with E-state index in [0.29, 0.717) is 31.3 Å². The largest absolute Gasteiger partial charge is 0.464 e. The molecule has 0 aliphatic rings. The first-order valence-corrected chi connectivity index (χ1v) is 11.1. The van der Waals surface area contributed by atoms with Crippen molar-refractivity contribution in [1.82, 2.24) is 10.6 Å². The number of amides is 2. The minimum atomic E-state index is -0.814. The van der Waals surface area contributed by atoms with Crippen molar-refractivity contribution in [3.05, 3.63) is 29.8 Å². The third-order valence-electron chi connectivity index (χ3n) is 4.54. The Kier molecular flexibility index (Phi) is 12.2. The molecular formula is C21H31Cl2N3O4. The molecule has 2 amide bonds. The van der Waals surface area contributed by atoms with Gasteiger partial charge in [-0.05, 0) is 30.5 Å². The number of carbonyl (C=O) groups is 3. The molecule has 7 nitrogen and oxygen atoms in total. The molecular weight excluding hydrogens is 429 g/mol. The van der Waals surface area contributed by atoms with Crippen LogP contribution in [0.2, 0.25) is 0 Å². The van der Waals surface area contributed by atoms with Crippen LogP contribution in [0.1, 0.15) is 26.3 Å². The molecule has 168 valence electrons. The molecule has 0 aliphatic carbocycles. The number of ether oxygens (including phenoxy) is 1. The monoisotopic (exact) mass is 459 g/mol. The molecule has 2 atom stereocenters. The lowest BCUT2D eigenvalue weighted by atomic mass is 10.0. The molecule has 2 unspecified atom stereocenters. The van der Waals surface area contributed by atoms with Gasteiger partial charge in [0.1, 0.15) is 12.1 Å². The number of hydrogen-bond donors (Lipinski definition) is 2. The van der Waals surface area contributed by atoms with E-state index in [2.05, 4.69) is 15.5 Å². The average Bonchev–Trinajstić information content (AvgIpc) is 2.71. The fraction of sp³-hybridized carbons (Fsp3) is 0.571. The highest BCUT2D eigenvalue weighted by Gasteiger charge is 2.28. The van der Waals surface area contributed by atoms with Crippen LogP contribution in [0.3, 0.4) is 0 Å². The number of halogens is 2. The zero-order chi connectivity index (χ0) is 22.5. The Morgan fingerprint density at radius 3 is 2.20 bits per heavy atom. The first-order chi connectivity index (χ1) is 14.4. The van der Waals surface area contributed by atoms with Crippen molar-refractivity contribution < 1.29 is 19.1 Å². The van der Waals surface area contributed by atoms with Crippen LogP contribution in [-0.4, -0.2) is 61.8 Å². The molecule has 0 saturated carbocycles. The molecule has 2 N–H and O–H groups in total. The van der Waals surface area contributed by atoms with Crippen molar-refractivity contribution in [3.63, 3.8) is 0 Å². The van der Waals surface area contributed by atoms with Gasteiger partial charge in [0, 0.05) is 37.0 Å². The van der Waals surface area contributed by atoms with Crippen molar-refractivity contribution in [3.8, 4) is 0 Å². The number of nitrogens with zero attached hydrogens (tertiary/aromatic N) is 1. The van der Waals surface area contributed by atoms with Crippen LogP contribution in [0.25, 0.3) is 0 Å². The summed E-state index contributed by atoms with van der Waals surface area (Å²) in [6.07, 6.45) is 0.763. The second-order valence-corrected chi connectivity index (χ2v) is 7.81. The molecule has 30 heavy (non-hydrogen) atoms. The van der Waals surface area contributed by atoms with Gasteiger partial charge < -0.3 is 20.3 Å². The number of hydrogen-bond acceptors (Lipinski definition) is 5. The molecule has 1 aromatic carbocycles. The lowest BCUT2D eigenvalue weighted by molar-refractivity contribution is -0.149. The number of anilines is 1. The predicted octanol–water partition coefficient (Wildman–Crippen LogP) is 2.33. The van der Waals surface area contributed by atoms with Crippen molar-refractivity contribution in [2.75, 3.05) is 36.4 Å². The smallest absolute Gasteiger partial charge is 0.328 e. The fourth-order valence-corrected chi connectivity index (χ4v) is 3.35. The summed E-state index contributed by atoms with van der Waals surface area (Å²) in [5.74, 6) is -0.111. The predicted molar refractivity (Wildman–Crippen MR) is 120 cm³/mol. The molecule has 0 bridgehead atoms. The Labute approximate surface area is 188 Å². The van der Waals surface area contributed by atoms with Crippen LogP contribution in [0, 0.1) is 5.92 Å². The van der Waals surface area contributed by atoms with Crippen molar-refractivity contribution >= 4 is 47.2 Å². The van der Waals surface area contributed by atoms with Crippen LogP contribution in [-0.2, 0) is 25.5 Å². The molecule has 0 heterocycles. The second kappa shape index (κ2) is 14.1. The molecule has 0 aliphatic heterocycles. The molecule has 0 radical (unpaired) electrons. The van der Waals surface area contributed by atoms with E-state index in [1.54, 1.807) is 6.92 Å². The highest BCUT2D eigenvalue weighted by atomic mass is 35.5. The third-order valence-corrected chi connectivity index (χ3v) is 4.88. The van der Waals surface area contributed by atoms with Crippen molar-refractivity contribution in [1.29, 1.82) is 0 Å². The zero-order valence-electron chi connectivity index (χ0n) is 17.7. The van der Waals surface area contributed by atoms with Gasteiger partial charge in [-0.15, -0.1) is 23.2 Å². The maximum Gasteiger partial charge on any atom is 0.328 e. The minimum absolute atomic E-state index is 0.154. The van der Waals surface area contributed by atoms with Gasteiger partial charge in [0.2, 0.25) is 12.3 Å². The van der Waals surface area contributed by atoms with E-state index in [1.165, 1.54) is 0 Å². The van der Waals surface area contributed by atoms with Crippen LogP contribution in [0.4, 0.5) is 5.69 Å². The van der Waals surface area contributed by atoms with Crippen molar-refractivity contribution in [2.24, 2.45) is 5.92 Å². The summed E-state index contributed by atoms with van der Waals surface area (Å²) in [4.78, 5) is 38.0. The molecule has 0 aromatic heterocycles. The standard InChI is InChI=1S/C21H31Cl2N3O4/c1-4-30-21(29)19(15(2)3)25-20(28)18(24-14-27)13-16-5-7-17(8-6-16)26(11-9-22)12-10-23/h5-8,14-15,18-19H,4,9-13H2,1-3H3,(H,24,27)(H,25,28). The number of alkyl halides is 2. The number of carbonyl (C=O) groups excluding carboxylic acids is 3. The molecule has 9 heteroatoms. The lowest BCUT2D eigenvalue weighted by Gasteiger charge is -2.24. The summed E-state index contributed by atoms with van der Waals surface area (Å²) in [7, 11) is 0. The van der Waals surface area contributed by atoms with Gasteiger partial charge in [-0.25, -0.2) is 4.79 Å². The number of esters is 1. The second-order valence-electron chi connectivity index (χ2n) is 7.06. The van der Waals surface area contributed by atoms with Gasteiger partial charge >= 0.3 is 5.97 Å². The summed E-state index contributed by atoms with van der Waals surface area (Å²) in [6, 6.07) is 6.05. The van der Waals surface area contributed by atoms with Crippen LogP contribution < -0.4 is 15.5 Å². The Morgan fingerprint density at radius 2 is 1.73 bits per heavy atom. The lowest BCUT2D eigenvalue weighted by Crippen LogP contribution is -2.53. The van der Waals surface area contributed by atoms with E-state index < -0.39 is 24.0 Å². The molecule has 0 spiro atoms. The summed E-state index contributed by atoms with van der Waals surface area (Å²) in [5.41, 5.74) is 1.84. The summed E-state index contributed by atoms with van der Waals surface area (Å²) < 4.78 is 5.03. The molecule has 0 fully saturated rings. The maximum absolute atomic E-state index is 12.7.